The van der Waals surface area contributed by atoms with Gasteiger partial charge in [-0.15, -0.1) is 0 Å². The summed E-state index contributed by atoms with van der Waals surface area (Å²) in [5, 5.41) is 6.02. The Labute approximate surface area is 177 Å². The van der Waals surface area contributed by atoms with Crippen LogP contribution < -0.4 is 10.6 Å². The van der Waals surface area contributed by atoms with Gasteiger partial charge < -0.3 is 15.4 Å². The van der Waals surface area contributed by atoms with Gasteiger partial charge in [0.2, 0.25) is 5.91 Å². The van der Waals surface area contributed by atoms with Crippen LogP contribution in [0.5, 0.6) is 0 Å². The topological polar surface area (TPSA) is 67.4 Å². The van der Waals surface area contributed by atoms with Crippen LogP contribution in [0.4, 0.5) is 0 Å². The highest BCUT2D eigenvalue weighted by molar-refractivity contribution is 7.80. The van der Waals surface area contributed by atoms with Crippen molar-refractivity contribution in [2.45, 2.75) is 45.1 Å². The van der Waals surface area contributed by atoms with Gasteiger partial charge in [0.1, 0.15) is 0 Å². The molecule has 0 fully saturated rings. The Morgan fingerprint density at radius 3 is 2.31 bits per heavy atom. The SMILES string of the molecule is CC(NC(=S)NC(=O)CCCC(=O)OCCCc1ccccc1)c1ccccc1. The number of hydrogen-bond donors (Lipinski definition) is 2. The molecule has 0 aliphatic heterocycles. The molecule has 5 nitrogen and oxygen atoms in total. The molecule has 0 saturated heterocycles. The minimum atomic E-state index is -0.274. The van der Waals surface area contributed by atoms with Crippen molar-refractivity contribution in [2.75, 3.05) is 6.61 Å². The molecule has 0 radical (unpaired) electrons. The fraction of sp³-hybridized carbons (Fsp3) is 0.348. The van der Waals surface area contributed by atoms with E-state index in [9.17, 15) is 9.59 Å². The van der Waals surface area contributed by atoms with Crippen molar-refractivity contribution in [3.8, 4) is 0 Å². The van der Waals surface area contributed by atoms with Crippen molar-refractivity contribution < 1.29 is 14.3 Å². The van der Waals surface area contributed by atoms with E-state index in [1.165, 1.54) is 5.56 Å². The number of carbonyl (C=O) groups is 2. The summed E-state index contributed by atoms with van der Waals surface area (Å²) in [7, 11) is 0. The molecule has 2 aromatic carbocycles. The lowest BCUT2D eigenvalue weighted by atomic mass is 10.1. The summed E-state index contributed by atoms with van der Waals surface area (Å²) in [5.41, 5.74) is 2.31. The minimum Gasteiger partial charge on any atom is -0.466 e. The van der Waals surface area contributed by atoms with Crippen LogP contribution in [0.1, 0.15) is 49.8 Å². The van der Waals surface area contributed by atoms with Gasteiger partial charge in [-0.05, 0) is 49.5 Å². The molecule has 154 valence electrons. The van der Waals surface area contributed by atoms with E-state index in [4.69, 9.17) is 17.0 Å². The van der Waals surface area contributed by atoms with Gasteiger partial charge in [0.25, 0.3) is 0 Å². The number of amides is 1. The Kier molecular flexibility index (Phi) is 9.86. The van der Waals surface area contributed by atoms with Crippen molar-refractivity contribution in [1.82, 2.24) is 10.6 Å². The van der Waals surface area contributed by atoms with Crippen LogP contribution >= 0.6 is 12.2 Å². The number of esters is 1. The Morgan fingerprint density at radius 2 is 1.62 bits per heavy atom. The summed E-state index contributed by atoms with van der Waals surface area (Å²) in [4.78, 5) is 23.7. The summed E-state index contributed by atoms with van der Waals surface area (Å²) in [6.07, 6.45) is 2.54. The van der Waals surface area contributed by atoms with E-state index in [0.717, 1.165) is 18.4 Å². The smallest absolute Gasteiger partial charge is 0.305 e. The highest BCUT2D eigenvalue weighted by Crippen LogP contribution is 2.10. The average molecular weight is 413 g/mol. The van der Waals surface area contributed by atoms with Gasteiger partial charge in [0.05, 0.1) is 12.6 Å². The van der Waals surface area contributed by atoms with Gasteiger partial charge in [-0.2, -0.15) is 0 Å². The van der Waals surface area contributed by atoms with Gasteiger partial charge in [0.15, 0.2) is 5.11 Å². The molecule has 2 rings (SSSR count). The first-order valence-corrected chi connectivity index (χ1v) is 10.3. The second kappa shape index (κ2) is 12.7. The molecule has 0 saturated carbocycles. The quantitative estimate of drug-likeness (QED) is 0.350. The summed E-state index contributed by atoms with van der Waals surface area (Å²) in [6.45, 7) is 2.37. The fourth-order valence-electron chi connectivity index (χ4n) is 2.82. The lowest BCUT2D eigenvalue weighted by Gasteiger charge is -2.16. The second-order valence-electron chi connectivity index (χ2n) is 6.82. The van der Waals surface area contributed by atoms with E-state index in [2.05, 4.69) is 22.8 Å². The molecular formula is C23H28N2O3S. The van der Waals surface area contributed by atoms with Crippen molar-refractivity contribution in [3.05, 3.63) is 71.8 Å². The van der Waals surface area contributed by atoms with E-state index in [0.29, 0.717) is 13.0 Å². The number of thiocarbonyl (C=S) groups is 1. The van der Waals surface area contributed by atoms with E-state index in [1.807, 2.05) is 55.5 Å². The molecule has 1 atom stereocenters. The monoisotopic (exact) mass is 412 g/mol. The van der Waals surface area contributed by atoms with Gasteiger partial charge in [-0.25, -0.2) is 0 Å². The zero-order chi connectivity index (χ0) is 20.9. The largest absolute Gasteiger partial charge is 0.466 e. The maximum absolute atomic E-state index is 12.0. The van der Waals surface area contributed by atoms with Crippen molar-refractivity contribution in [2.24, 2.45) is 0 Å². The first-order valence-electron chi connectivity index (χ1n) is 9.89. The third-order valence-corrected chi connectivity index (χ3v) is 4.62. The maximum Gasteiger partial charge on any atom is 0.305 e. The Bertz CT molecular complexity index is 781. The van der Waals surface area contributed by atoms with Crippen LogP contribution in [0, 0.1) is 0 Å². The molecule has 0 aliphatic carbocycles. The summed E-state index contributed by atoms with van der Waals surface area (Å²) in [5.74, 6) is -0.482. The molecule has 0 heterocycles. The molecule has 6 heteroatoms. The molecule has 0 bridgehead atoms. The van der Waals surface area contributed by atoms with E-state index in [-0.39, 0.29) is 35.9 Å². The van der Waals surface area contributed by atoms with Crippen molar-refractivity contribution in [3.63, 3.8) is 0 Å². The minimum absolute atomic E-state index is 0.00476. The molecule has 0 spiro atoms. The maximum atomic E-state index is 12.0. The number of ether oxygens (including phenoxy) is 1. The first-order chi connectivity index (χ1) is 14.0. The fourth-order valence-corrected chi connectivity index (χ4v) is 3.11. The van der Waals surface area contributed by atoms with E-state index >= 15 is 0 Å². The molecule has 2 N–H and O–H groups in total. The summed E-state index contributed by atoms with van der Waals surface area (Å²) >= 11 is 5.18. The Balaban J connectivity index is 1.54. The van der Waals surface area contributed by atoms with Gasteiger partial charge >= 0.3 is 5.97 Å². The standard InChI is InChI=1S/C23H28N2O3S/c1-18(20-13-6-3-7-14-20)24-23(29)25-21(26)15-8-16-22(27)28-17-9-12-19-10-4-2-5-11-19/h2-7,10-11,13-14,18H,8-9,12,15-17H2,1H3,(H2,24,25,26,29). The van der Waals surface area contributed by atoms with Gasteiger partial charge in [-0.1, -0.05) is 60.7 Å². The first kappa shape index (κ1) is 22.6. The molecule has 0 aliphatic rings. The summed E-state index contributed by atoms with van der Waals surface area (Å²) < 4.78 is 5.22. The number of nitrogens with one attached hydrogen (secondary N) is 2. The Morgan fingerprint density at radius 1 is 0.966 bits per heavy atom. The number of aryl methyl sites for hydroxylation is 1. The van der Waals surface area contributed by atoms with Crippen LogP contribution in [-0.2, 0) is 20.7 Å². The molecule has 29 heavy (non-hydrogen) atoms. The average Bonchev–Trinajstić information content (AvgIpc) is 2.72. The van der Waals surface area contributed by atoms with Gasteiger partial charge in [0, 0.05) is 12.8 Å². The van der Waals surface area contributed by atoms with Crippen LogP contribution in [-0.4, -0.2) is 23.6 Å². The zero-order valence-corrected chi connectivity index (χ0v) is 17.5. The highest BCUT2D eigenvalue weighted by Gasteiger charge is 2.10. The molecule has 1 amide bonds. The lowest BCUT2D eigenvalue weighted by molar-refractivity contribution is -0.143. The zero-order valence-electron chi connectivity index (χ0n) is 16.7. The molecule has 0 aromatic heterocycles. The molecular weight excluding hydrogens is 384 g/mol. The normalized spacial score (nSPS) is 11.3. The highest BCUT2D eigenvalue weighted by atomic mass is 32.1. The Hall–Kier alpha value is -2.73. The van der Waals surface area contributed by atoms with Crippen LogP contribution in [0.25, 0.3) is 0 Å². The van der Waals surface area contributed by atoms with Crippen LogP contribution in [0.3, 0.4) is 0 Å². The van der Waals surface area contributed by atoms with Crippen LogP contribution in [0.15, 0.2) is 60.7 Å². The van der Waals surface area contributed by atoms with Crippen LogP contribution in [0.2, 0.25) is 0 Å². The number of hydrogen-bond acceptors (Lipinski definition) is 4. The lowest BCUT2D eigenvalue weighted by Crippen LogP contribution is -2.40. The second-order valence-corrected chi connectivity index (χ2v) is 7.23. The molecule has 1 unspecified atom stereocenters. The van der Waals surface area contributed by atoms with E-state index in [1.54, 1.807) is 0 Å². The number of carbonyl (C=O) groups excluding carboxylic acids is 2. The number of rotatable bonds is 10. The molecule has 2 aromatic rings. The summed E-state index contributed by atoms with van der Waals surface area (Å²) in [6, 6.07) is 19.9. The predicted octanol–water partition coefficient (Wildman–Crippen LogP) is 4.08. The van der Waals surface area contributed by atoms with E-state index < -0.39 is 0 Å². The van der Waals surface area contributed by atoms with Crippen molar-refractivity contribution >= 4 is 29.2 Å². The third-order valence-electron chi connectivity index (χ3n) is 4.40. The number of benzene rings is 2. The predicted molar refractivity (Wildman–Crippen MR) is 118 cm³/mol. The van der Waals surface area contributed by atoms with Gasteiger partial charge in [-0.3, -0.25) is 9.59 Å². The van der Waals surface area contributed by atoms with Crippen molar-refractivity contribution in [1.29, 1.82) is 0 Å². The third kappa shape index (κ3) is 9.34.